The molecule has 0 N–H and O–H groups in total. The summed E-state index contributed by atoms with van der Waals surface area (Å²) in [4.78, 5) is 13.7. The molecule has 0 amide bonds. The minimum absolute atomic E-state index is 1.19. The largest absolute Gasteiger partial charge is 0.265 e. The summed E-state index contributed by atoms with van der Waals surface area (Å²) in [5, 5.41) is 0. The van der Waals surface area contributed by atoms with Gasteiger partial charge in [0.1, 0.15) is 0 Å². The van der Waals surface area contributed by atoms with Crippen molar-refractivity contribution in [2.45, 2.75) is 0 Å². The van der Waals surface area contributed by atoms with E-state index in [0.29, 0.717) is 0 Å². The maximum absolute atomic E-state index is 3.78. The van der Waals surface area contributed by atoms with Gasteiger partial charge in [0, 0.05) is 12.4 Å². The molecule has 1 aromatic heterocycles. The molecule has 0 radical (unpaired) electrons. The highest BCUT2D eigenvalue weighted by atomic mass is 15.7. The zero-order chi connectivity index (χ0) is 10.8. The Labute approximate surface area is 95.9 Å². The molecule has 4 aliphatic heterocycles. The first kappa shape index (κ1) is 10.2. The Morgan fingerprint density at radius 1 is 0.562 bits per heavy atom. The summed E-state index contributed by atoms with van der Waals surface area (Å²) in [6, 6.07) is 5.72. The van der Waals surface area contributed by atoms with Crippen LogP contribution in [0.25, 0.3) is 0 Å². The second-order valence-corrected chi connectivity index (χ2v) is 4.56. The van der Waals surface area contributed by atoms with Gasteiger partial charge in [-0.05, 0) is 12.1 Å². The molecule has 4 fully saturated rings. The van der Waals surface area contributed by atoms with Crippen LogP contribution in [0.3, 0.4) is 0 Å². The normalized spacial score (nSPS) is 39.0. The summed E-state index contributed by atoms with van der Waals surface area (Å²) in [5.74, 6) is 0. The molecule has 1 aromatic rings. The Hall–Kier alpha value is -1.01. The Morgan fingerprint density at radius 2 is 0.938 bits per heavy atom. The van der Waals surface area contributed by atoms with E-state index >= 15 is 0 Å². The van der Waals surface area contributed by atoms with Crippen LogP contribution in [0, 0.1) is 0 Å². The van der Waals surface area contributed by atoms with Crippen molar-refractivity contribution in [1.29, 1.82) is 0 Å². The molecule has 86 valence electrons. The van der Waals surface area contributed by atoms with Gasteiger partial charge >= 0.3 is 0 Å². The van der Waals surface area contributed by atoms with Crippen LogP contribution in [0.2, 0.25) is 0 Å². The summed E-state index contributed by atoms with van der Waals surface area (Å²) < 4.78 is 0. The van der Waals surface area contributed by atoms with E-state index in [0.717, 1.165) is 0 Å². The summed E-state index contributed by atoms with van der Waals surface area (Å²) >= 11 is 0. The fourth-order valence-electron chi connectivity index (χ4n) is 2.55. The van der Waals surface area contributed by atoms with Crippen molar-refractivity contribution in [2.24, 2.45) is 0 Å². The summed E-state index contributed by atoms with van der Waals surface area (Å²) in [6.07, 6.45) is 3.50. The number of hydrogen-bond donors (Lipinski definition) is 0. The number of nitrogens with zero attached hydrogens (tertiary/aromatic N) is 5. The molecule has 0 aromatic carbocycles. The van der Waals surface area contributed by atoms with Crippen LogP contribution in [0.4, 0.5) is 0 Å². The lowest BCUT2D eigenvalue weighted by atomic mass is 10.4. The van der Waals surface area contributed by atoms with Gasteiger partial charge < -0.3 is 0 Å². The minimum Gasteiger partial charge on any atom is -0.265 e. The lowest BCUT2D eigenvalue weighted by molar-refractivity contribution is -0.194. The van der Waals surface area contributed by atoms with E-state index in [4.69, 9.17) is 0 Å². The third-order valence-electron chi connectivity index (χ3n) is 2.97. The van der Waals surface area contributed by atoms with Gasteiger partial charge in [0.15, 0.2) is 0 Å². The molecule has 4 aliphatic rings. The molecule has 16 heavy (non-hydrogen) atoms. The summed E-state index contributed by atoms with van der Waals surface area (Å²) in [5.41, 5.74) is 0. The molecule has 5 heterocycles. The maximum atomic E-state index is 3.78. The van der Waals surface area contributed by atoms with Crippen LogP contribution in [0.1, 0.15) is 0 Å². The van der Waals surface area contributed by atoms with Crippen molar-refractivity contribution >= 4 is 0 Å². The topological polar surface area (TPSA) is 25.9 Å². The lowest BCUT2D eigenvalue weighted by Crippen LogP contribution is -2.71. The van der Waals surface area contributed by atoms with Crippen LogP contribution < -0.4 is 0 Å². The molecule has 5 heteroatoms. The Morgan fingerprint density at radius 3 is 1.12 bits per heavy atom. The highest BCUT2D eigenvalue weighted by molar-refractivity contribution is 4.88. The first-order valence-corrected chi connectivity index (χ1v) is 5.64. The Balaban J connectivity index is 0.000000117. The summed E-state index contributed by atoms with van der Waals surface area (Å²) in [6.45, 7) is 7.12. The molecule has 5 nitrogen and oxygen atoms in total. The van der Waals surface area contributed by atoms with Crippen molar-refractivity contribution in [3.8, 4) is 0 Å². The van der Waals surface area contributed by atoms with E-state index < -0.39 is 0 Å². The van der Waals surface area contributed by atoms with Crippen LogP contribution in [0.15, 0.2) is 30.6 Å². The van der Waals surface area contributed by atoms with Crippen molar-refractivity contribution in [1.82, 2.24) is 24.6 Å². The van der Waals surface area contributed by atoms with Gasteiger partial charge in [-0.2, -0.15) is 0 Å². The molecular formula is C11H17N5. The van der Waals surface area contributed by atoms with Crippen molar-refractivity contribution < 1.29 is 0 Å². The van der Waals surface area contributed by atoms with Gasteiger partial charge in [-0.3, -0.25) is 24.6 Å². The molecule has 0 atom stereocenters. The number of rotatable bonds is 0. The van der Waals surface area contributed by atoms with Gasteiger partial charge in [-0.15, -0.1) is 0 Å². The Bertz CT molecular complexity index is 245. The van der Waals surface area contributed by atoms with Crippen LogP contribution >= 0.6 is 0 Å². The van der Waals surface area contributed by atoms with Crippen LogP contribution in [-0.4, -0.2) is 64.6 Å². The monoisotopic (exact) mass is 219 g/mol. The fourth-order valence-corrected chi connectivity index (χ4v) is 2.55. The highest BCUT2D eigenvalue weighted by Gasteiger charge is 2.36. The predicted molar refractivity (Wildman–Crippen MR) is 60.8 cm³/mol. The second kappa shape index (κ2) is 4.47. The van der Waals surface area contributed by atoms with Gasteiger partial charge in [0.25, 0.3) is 0 Å². The maximum Gasteiger partial charge on any atom is 0.0555 e. The first-order valence-electron chi connectivity index (χ1n) is 5.64. The Kier molecular flexibility index (Phi) is 2.84. The standard InChI is InChI=1S/C6H12N4.C5H5N/c1-7-2-9-4-8(1)5-10(3-7)6-9;1-2-4-6-5-3-1/h1-6H2;1-5H. The number of hydrogen-bond acceptors (Lipinski definition) is 5. The molecule has 0 aliphatic carbocycles. The van der Waals surface area contributed by atoms with E-state index in [1.54, 1.807) is 12.4 Å². The van der Waals surface area contributed by atoms with Gasteiger partial charge in [-0.1, -0.05) is 6.07 Å². The highest BCUT2D eigenvalue weighted by Crippen LogP contribution is 2.20. The smallest absolute Gasteiger partial charge is 0.0555 e. The molecule has 0 spiro atoms. The molecule has 0 unspecified atom stereocenters. The van der Waals surface area contributed by atoms with E-state index in [1.807, 2.05) is 18.2 Å². The van der Waals surface area contributed by atoms with Gasteiger partial charge in [0.2, 0.25) is 0 Å². The fraction of sp³-hybridized carbons (Fsp3) is 0.545. The van der Waals surface area contributed by atoms with Crippen molar-refractivity contribution in [3.05, 3.63) is 30.6 Å². The molecule has 5 rings (SSSR count). The first-order chi connectivity index (χ1) is 7.90. The minimum atomic E-state index is 1.19. The number of aromatic nitrogens is 1. The molecule has 4 saturated heterocycles. The zero-order valence-corrected chi connectivity index (χ0v) is 9.37. The van der Waals surface area contributed by atoms with Crippen molar-refractivity contribution in [2.75, 3.05) is 40.0 Å². The van der Waals surface area contributed by atoms with E-state index in [2.05, 4.69) is 24.6 Å². The lowest BCUT2D eigenvalue weighted by Gasteiger charge is -2.56. The second-order valence-electron chi connectivity index (χ2n) is 4.56. The third kappa shape index (κ3) is 2.22. The number of pyridine rings is 1. The predicted octanol–water partition coefficient (Wildman–Crippen LogP) is 0.0618. The summed E-state index contributed by atoms with van der Waals surface area (Å²) in [7, 11) is 0. The van der Waals surface area contributed by atoms with E-state index in [1.165, 1.54) is 40.0 Å². The zero-order valence-electron chi connectivity index (χ0n) is 9.37. The average molecular weight is 219 g/mol. The quantitative estimate of drug-likeness (QED) is 0.615. The van der Waals surface area contributed by atoms with Gasteiger partial charge in [0.05, 0.1) is 40.0 Å². The SMILES string of the molecule is C1N2CN3CN1CN(C2)C3.c1ccncc1. The van der Waals surface area contributed by atoms with Crippen molar-refractivity contribution in [3.63, 3.8) is 0 Å². The van der Waals surface area contributed by atoms with Gasteiger partial charge in [-0.25, -0.2) is 0 Å². The molecule has 0 saturated carbocycles. The van der Waals surface area contributed by atoms with E-state index in [9.17, 15) is 0 Å². The molecule has 4 bridgehead atoms. The molecular weight excluding hydrogens is 202 g/mol. The van der Waals surface area contributed by atoms with E-state index in [-0.39, 0.29) is 0 Å². The van der Waals surface area contributed by atoms with Crippen LogP contribution in [0.5, 0.6) is 0 Å². The average Bonchev–Trinajstić information content (AvgIpc) is 2.30. The van der Waals surface area contributed by atoms with Crippen LogP contribution in [-0.2, 0) is 0 Å². The third-order valence-corrected chi connectivity index (χ3v) is 2.97.